The van der Waals surface area contributed by atoms with Crippen LogP contribution in [-0.4, -0.2) is 4.57 Å². The van der Waals surface area contributed by atoms with E-state index in [1.807, 2.05) is 12.1 Å². The summed E-state index contributed by atoms with van der Waals surface area (Å²) in [5.74, 6) is 0.915. The molecule has 0 saturated heterocycles. The van der Waals surface area contributed by atoms with Crippen LogP contribution in [0.15, 0.2) is 52.6 Å². The minimum Gasteiger partial charge on any atom is -0.464 e. The number of nitrogens with zero attached hydrogens (tertiary/aromatic N) is 1. The number of furan rings is 1. The van der Waals surface area contributed by atoms with Crippen LogP contribution in [0, 0.1) is 0 Å². The Kier molecular flexibility index (Phi) is 2.18. The third-order valence-electron chi connectivity index (χ3n) is 2.58. The van der Waals surface area contributed by atoms with Gasteiger partial charge in [-0.15, -0.1) is 11.3 Å². The second kappa shape index (κ2) is 3.68. The highest BCUT2D eigenvalue weighted by Gasteiger charge is 2.09. The molecule has 0 saturated carbocycles. The van der Waals surface area contributed by atoms with E-state index in [0.29, 0.717) is 0 Å². The lowest BCUT2D eigenvalue weighted by Gasteiger charge is -1.97. The number of hydrogen-bond acceptors (Lipinski definition) is 2. The zero-order valence-corrected chi connectivity index (χ0v) is 9.70. The first-order valence-electron chi connectivity index (χ1n) is 5.09. The summed E-state index contributed by atoms with van der Waals surface area (Å²) >= 11 is 1.75. The Morgan fingerprint density at radius 3 is 2.88 bits per heavy atom. The van der Waals surface area contributed by atoms with Crippen LogP contribution >= 0.6 is 11.3 Å². The molecule has 0 aliphatic rings. The van der Waals surface area contributed by atoms with E-state index in [1.54, 1.807) is 17.6 Å². The van der Waals surface area contributed by atoms with E-state index in [2.05, 4.69) is 41.4 Å². The molecule has 0 aromatic carbocycles. The van der Waals surface area contributed by atoms with Crippen LogP contribution in [0.25, 0.3) is 21.9 Å². The van der Waals surface area contributed by atoms with E-state index in [9.17, 15) is 0 Å². The van der Waals surface area contributed by atoms with Gasteiger partial charge in [-0.2, -0.15) is 0 Å². The minimum absolute atomic E-state index is 0.915. The van der Waals surface area contributed by atoms with Crippen molar-refractivity contribution < 1.29 is 4.42 Å². The summed E-state index contributed by atoms with van der Waals surface area (Å²) in [6, 6.07) is 10.2. The summed E-state index contributed by atoms with van der Waals surface area (Å²) in [7, 11) is 2.06. The van der Waals surface area contributed by atoms with Gasteiger partial charge in [0.15, 0.2) is 0 Å². The van der Waals surface area contributed by atoms with Gasteiger partial charge in [0.1, 0.15) is 5.76 Å². The van der Waals surface area contributed by atoms with Gasteiger partial charge in [-0.3, -0.25) is 0 Å². The van der Waals surface area contributed by atoms with Gasteiger partial charge in [0, 0.05) is 18.8 Å². The van der Waals surface area contributed by atoms with E-state index >= 15 is 0 Å². The van der Waals surface area contributed by atoms with Gasteiger partial charge < -0.3 is 8.98 Å². The summed E-state index contributed by atoms with van der Waals surface area (Å²) in [6.45, 7) is 0. The lowest BCUT2D eigenvalue weighted by atomic mass is 10.2. The smallest absolute Gasteiger partial charge is 0.135 e. The summed E-state index contributed by atoms with van der Waals surface area (Å²) < 4.78 is 7.52. The number of thiophene rings is 1. The minimum atomic E-state index is 0.915. The molecule has 3 heterocycles. The lowest BCUT2D eigenvalue weighted by molar-refractivity contribution is 0.582. The predicted octanol–water partition coefficient (Wildman–Crippen LogP) is 4.01. The Balaban J connectivity index is 2.09. The molecule has 0 amide bonds. The summed E-state index contributed by atoms with van der Waals surface area (Å²) in [4.78, 5) is 1.28. The molecule has 3 aromatic heterocycles. The van der Waals surface area contributed by atoms with Crippen LogP contribution < -0.4 is 0 Å². The SMILES string of the molecule is Cn1cc(-c2ccco2)cc1-c1cccs1. The molecule has 0 atom stereocenters. The third-order valence-corrected chi connectivity index (χ3v) is 3.48. The second-order valence-corrected chi connectivity index (χ2v) is 4.63. The fourth-order valence-electron chi connectivity index (χ4n) is 1.81. The highest BCUT2D eigenvalue weighted by atomic mass is 32.1. The molecule has 0 bridgehead atoms. The molecule has 0 unspecified atom stereocenters. The molecule has 0 aliphatic carbocycles. The fourth-order valence-corrected chi connectivity index (χ4v) is 2.60. The number of hydrogen-bond donors (Lipinski definition) is 0. The largest absolute Gasteiger partial charge is 0.464 e. The molecule has 2 nitrogen and oxygen atoms in total. The first-order valence-corrected chi connectivity index (χ1v) is 5.97. The molecule has 3 rings (SSSR count). The van der Waals surface area contributed by atoms with Gasteiger partial charge in [0.2, 0.25) is 0 Å². The van der Waals surface area contributed by atoms with E-state index in [-0.39, 0.29) is 0 Å². The van der Waals surface area contributed by atoms with E-state index < -0.39 is 0 Å². The maximum Gasteiger partial charge on any atom is 0.135 e. The van der Waals surface area contributed by atoms with Crippen LogP contribution in [0.4, 0.5) is 0 Å². The average Bonchev–Trinajstić information content (AvgIpc) is 2.97. The first kappa shape index (κ1) is 9.48. The zero-order valence-electron chi connectivity index (χ0n) is 8.88. The molecule has 0 spiro atoms. The summed E-state index contributed by atoms with van der Waals surface area (Å²) in [5.41, 5.74) is 2.34. The van der Waals surface area contributed by atoms with Crippen LogP contribution in [0.1, 0.15) is 0 Å². The number of aryl methyl sites for hydroxylation is 1. The normalized spacial score (nSPS) is 10.8. The van der Waals surface area contributed by atoms with Crippen molar-refractivity contribution >= 4 is 11.3 Å². The van der Waals surface area contributed by atoms with Crippen LogP contribution in [-0.2, 0) is 7.05 Å². The Morgan fingerprint density at radius 1 is 1.25 bits per heavy atom. The average molecular weight is 229 g/mol. The maximum atomic E-state index is 5.40. The van der Waals surface area contributed by atoms with Gasteiger partial charge in [-0.25, -0.2) is 0 Å². The Labute approximate surface area is 97.8 Å². The monoisotopic (exact) mass is 229 g/mol. The van der Waals surface area contributed by atoms with Crippen molar-refractivity contribution in [2.75, 3.05) is 0 Å². The van der Waals surface area contributed by atoms with Gasteiger partial charge in [0.25, 0.3) is 0 Å². The second-order valence-electron chi connectivity index (χ2n) is 3.68. The van der Waals surface area contributed by atoms with Crippen LogP contribution in [0.5, 0.6) is 0 Å². The molecular formula is C13H11NOS. The third kappa shape index (κ3) is 1.49. The van der Waals surface area contributed by atoms with Gasteiger partial charge in [-0.05, 0) is 29.6 Å². The molecule has 80 valence electrons. The van der Waals surface area contributed by atoms with Crippen molar-refractivity contribution in [2.24, 2.45) is 7.05 Å². The molecule has 0 aliphatic heterocycles. The van der Waals surface area contributed by atoms with Crippen molar-refractivity contribution in [3.63, 3.8) is 0 Å². The number of rotatable bonds is 2. The highest BCUT2D eigenvalue weighted by molar-refractivity contribution is 7.13. The van der Waals surface area contributed by atoms with Crippen molar-refractivity contribution in [1.82, 2.24) is 4.57 Å². The molecule has 0 radical (unpaired) electrons. The molecule has 0 fully saturated rings. The van der Waals surface area contributed by atoms with Gasteiger partial charge in [0.05, 0.1) is 16.8 Å². The standard InChI is InChI=1S/C13H11NOS/c1-14-9-10(12-4-2-6-15-12)8-11(14)13-5-3-7-16-13/h2-9H,1H3. The Morgan fingerprint density at radius 2 is 2.19 bits per heavy atom. The van der Waals surface area contributed by atoms with Crippen LogP contribution in [0.2, 0.25) is 0 Å². The zero-order chi connectivity index (χ0) is 11.0. The van der Waals surface area contributed by atoms with Gasteiger partial charge in [-0.1, -0.05) is 6.07 Å². The van der Waals surface area contributed by atoms with E-state index in [1.165, 1.54) is 10.6 Å². The Hall–Kier alpha value is -1.74. The predicted molar refractivity (Wildman–Crippen MR) is 66.4 cm³/mol. The highest BCUT2D eigenvalue weighted by Crippen LogP contribution is 2.30. The van der Waals surface area contributed by atoms with E-state index in [4.69, 9.17) is 4.42 Å². The summed E-state index contributed by atoms with van der Waals surface area (Å²) in [5, 5.41) is 2.09. The molecular weight excluding hydrogens is 218 g/mol. The fraction of sp³-hybridized carbons (Fsp3) is 0.0769. The van der Waals surface area contributed by atoms with Crippen molar-refractivity contribution in [3.05, 3.63) is 48.2 Å². The maximum absolute atomic E-state index is 5.40. The lowest BCUT2D eigenvalue weighted by Crippen LogP contribution is -1.85. The van der Waals surface area contributed by atoms with Gasteiger partial charge >= 0.3 is 0 Å². The summed E-state index contributed by atoms with van der Waals surface area (Å²) in [6.07, 6.45) is 3.79. The quantitative estimate of drug-likeness (QED) is 0.649. The van der Waals surface area contributed by atoms with Crippen LogP contribution in [0.3, 0.4) is 0 Å². The molecule has 3 aromatic rings. The molecule has 3 heteroatoms. The van der Waals surface area contributed by atoms with Crippen molar-refractivity contribution in [2.45, 2.75) is 0 Å². The van der Waals surface area contributed by atoms with E-state index in [0.717, 1.165) is 11.3 Å². The number of aromatic nitrogens is 1. The first-order chi connectivity index (χ1) is 7.84. The molecule has 16 heavy (non-hydrogen) atoms. The molecule has 0 N–H and O–H groups in total. The topological polar surface area (TPSA) is 18.1 Å². The van der Waals surface area contributed by atoms with Crippen molar-refractivity contribution in [3.8, 4) is 21.9 Å². The Bertz CT molecular complexity index is 576. The van der Waals surface area contributed by atoms with Crippen molar-refractivity contribution in [1.29, 1.82) is 0 Å².